The number of fused-ring (bicyclic) bond motifs is 1. The summed E-state index contributed by atoms with van der Waals surface area (Å²) in [5, 5.41) is 10.5. The highest BCUT2D eigenvalue weighted by molar-refractivity contribution is 5.74. The zero-order chi connectivity index (χ0) is 18.8. The zero-order valence-electron chi connectivity index (χ0n) is 16.1. The molecular formula is C20H31N3O3. The number of carbonyl (C=O) groups is 1. The molecule has 0 radical (unpaired) electrons. The van der Waals surface area contributed by atoms with E-state index in [1.807, 2.05) is 37.9 Å². The number of phenolic OH excluding ortho intramolecular Hbond substituents is 1. The fraction of sp³-hybridized carbons (Fsp3) is 0.650. The van der Waals surface area contributed by atoms with Crippen LogP contribution < -0.4 is 5.73 Å². The number of hydrogen-bond acceptors (Lipinski definition) is 4. The molecule has 0 spiro atoms. The Morgan fingerprint density at radius 1 is 1.38 bits per heavy atom. The number of piperidine rings is 1. The second-order valence-electron chi connectivity index (χ2n) is 7.52. The average Bonchev–Trinajstić information content (AvgIpc) is 2.69. The van der Waals surface area contributed by atoms with Gasteiger partial charge in [-0.1, -0.05) is 12.1 Å². The number of aryl methyl sites for hydroxylation is 1. The van der Waals surface area contributed by atoms with Gasteiger partial charge in [0.1, 0.15) is 5.75 Å². The third-order valence-corrected chi connectivity index (χ3v) is 5.96. The molecule has 1 fully saturated rings. The number of likely N-dealkylation sites (tertiary alicyclic amines) is 1. The largest absolute Gasteiger partial charge is 0.507 e. The van der Waals surface area contributed by atoms with E-state index in [-0.39, 0.29) is 18.2 Å². The van der Waals surface area contributed by atoms with Crippen molar-refractivity contribution in [2.75, 3.05) is 33.2 Å². The molecule has 144 valence electrons. The Bertz CT molecular complexity index is 656. The van der Waals surface area contributed by atoms with Crippen molar-refractivity contribution in [1.29, 1.82) is 0 Å². The van der Waals surface area contributed by atoms with Crippen LogP contribution in [0.1, 0.15) is 42.6 Å². The summed E-state index contributed by atoms with van der Waals surface area (Å²) in [6.45, 7) is 6.55. The van der Waals surface area contributed by atoms with Crippen LogP contribution in [-0.2, 0) is 11.2 Å². The predicted octanol–water partition coefficient (Wildman–Crippen LogP) is 2.43. The monoisotopic (exact) mass is 361 g/mol. The van der Waals surface area contributed by atoms with Gasteiger partial charge in [0.25, 0.3) is 0 Å². The van der Waals surface area contributed by atoms with Crippen molar-refractivity contribution >= 4 is 6.03 Å². The van der Waals surface area contributed by atoms with Crippen LogP contribution >= 0.6 is 0 Å². The molecule has 0 bridgehead atoms. The van der Waals surface area contributed by atoms with Gasteiger partial charge in [0.05, 0.1) is 12.2 Å². The number of benzene rings is 1. The molecule has 0 aliphatic carbocycles. The van der Waals surface area contributed by atoms with E-state index >= 15 is 0 Å². The summed E-state index contributed by atoms with van der Waals surface area (Å²) in [4.78, 5) is 16.0. The Kier molecular flexibility index (Phi) is 5.73. The summed E-state index contributed by atoms with van der Waals surface area (Å²) in [6, 6.07) is 4.06. The summed E-state index contributed by atoms with van der Waals surface area (Å²) in [7, 11) is 1.84. The Labute approximate surface area is 155 Å². The molecular weight excluding hydrogens is 330 g/mol. The van der Waals surface area contributed by atoms with Crippen LogP contribution in [0.5, 0.6) is 5.75 Å². The van der Waals surface area contributed by atoms with Gasteiger partial charge in [0.2, 0.25) is 0 Å². The zero-order valence-corrected chi connectivity index (χ0v) is 16.1. The first-order valence-electron chi connectivity index (χ1n) is 9.63. The summed E-state index contributed by atoms with van der Waals surface area (Å²) >= 11 is 0. The van der Waals surface area contributed by atoms with Crippen LogP contribution in [0.25, 0.3) is 0 Å². The lowest BCUT2D eigenvalue weighted by Gasteiger charge is -2.41. The van der Waals surface area contributed by atoms with E-state index in [4.69, 9.17) is 10.5 Å². The van der Waals surface area contributed by atoms with Gasteiger partial charge in [-0.15, -0.1) is 0 Å². The number of rotatable bonds is 3. The van der Waals surface area contributed by atoms with E-state index in [1.54, 1.807) is 4.90 Å². The molecule has 2 heterocycles. The number of urea groups is 1. The van der Waals surface area contributed by atoms with Crippen molar-refractivity contribution in [3.63, 3.8) is 0 Å². The number of hydrogen-bond donors (Lipinski definition) is 2. The van der Waals surface area contributed by atoms with Crippen molar-refractivity contribution in [3.05, 3.63) is 28.8 Å². The van der Waals surface area contributed by atoms with Gasteiger partial charge in [0, 0.05) is 45.2 Å². The fourth-order valence-electron chi connectivity index (χ4n) is 4.12. The van der Waals surface area contributed by atoms with Gasteiger partial charge >= 0.3 is 6.03 Å². The fourth-order valence-corrected chi connectivity index (χ4v) is 4.12. The van der Waals surface area contributed by atoms with Gasteiger partial charge < -0.3 is 25.4 Å². The molecule has 1 aromatic rings. The standard InChI is InChI=1S/C20H31N3O3/c1-4-22(3)20(25)23-9-7-14(8-10-23)17-11-16-15(18(12-21)26-17)6-5-13(2)19(16)24/h5-6,14,17-18,24H,4,7-12,21H2,1-3H3. The number of nitrogens with two attached hydrogens (primary N) is 1. The molecule has 0 aromatic heterocycles. The van der Waals surface area contributed by atoms with E-state index in [2.05, 4.69) is 0 Å². The highest BCUT2D eigenvalue weighted by atomic mass is 16.5. The van der Waals surface area contributed by atoms with Crippen LogP contribution in [-0.4, -0.2) is 60.3 Å². The molecule has 0 saturated carbocycles. The molecule has 3 rings (SSSR count). The summed E-state index contributed by atoms with van der Waals surface area (Å²) in [6.07, 6.45) is 2.44. The predicted molar refractivity (Wildman–Crippen MR) is 101 cm³/mol. The lowest BCUT2D eigenvalue weighted by molar-refractivity contribution is -0.0630. The number of amides is 2. The maximum absolute atomic E-state index is 12.3. The summed E-state index contributed by atoms with van der Waals surface area (Å²) in [5.74, 6) is 0.763. The topological polar surface area (TPSA) is 79.0 Å². The highest BCUT2D eigenvalue weighted by Crippen LogP contribution is 2.40. The Morgan fingerprint density at radius 3 is 2.69 bits per heavy atom. The van der Waals surface area contributed by atoms with Crippen molar-refractivity contribution in [1.82, 2.24) is 9.80 Å². The second-order valence-corrected chi connectivity index (χ2v) is 7.52. The van der Waals surface area contributed by atoms with E-state index in [1.165, 1.54) is 0 Å². The first-order valence-corrected chi connectivity index (χ1v) is 9.63. The molecule has 6 heteroatoms. The molecule has 1 aromatic carbocycles. The third kappa shape index (κ3) is 3.53. The number of carbonyl (C=O) groups excluding carboxylic acids is 1. The smallest absolute Gasteiger partial charge is 0.319 e. The van der Waals surface area contributed by atoms with Gasteiger partial charge in [-0.05, 0) is 43.7 Å². The average molecular weight is 361 g/mol. The first-order chi connectivity index (χ1) is 12.5. The number of nitrogens with zero attached hydrogens (tertiary/aromatic N) is 2. The van der Waals surface area contributed by atoms with Crippen molar-refractivity contribution in [2.45, 2.75) is 45.3 Å². The van der Waals surface area contributed by atoms with Gasteiger partial charge in [0.15, 0.2) is 0 Å². The molecule has 2 unspecified atom stereocenters. The van der Waals surface area contributed by atoms with Crippen LogP contribution in [0, 0.1) is 12.8 Å². The lowest BCUT2D eigenvalue weighted by Crippen LogP contribution is -2.47. The van der Waals surface area contributed by atoms with Crippen molar-refractivity contribution in [3.8, 4) is 5.75 Å². The van der Waals surface area contributed by atoms with Crippen LogP contribution in [0.15, 0.2) is 12.1 Å². The molecule has 2 aliphatic heterocycles. The quantitative estimate of drug-likeness (QED) is 0.867. The van der Waals surface area contributed by atoms with E-state index in [9.17, 15) is 9.90 Å². The van der Waals surface area contributed by atoms with Gasteiger partial charge in [-0.3, -0.25) is 0 Å². The molecule has 2 amide bonds. The molecule has 6 nitrogen and oxygen atoms in total. The molecule has 2 aliphatic rings. The lowest BCUT2D eigenvalue weighted by atomic mass is 9.83. The summed E-state index contributed by atoms with van der Waals surface area (Å²) < 4.78 is 6.31. The van der Waals surface area contributed by atoms with Gasteiger partial charge in [-0.25, -0.2) is 4.79 Å². The maximum atomic E-state index is 12.3. The molecule has 2 atom stereocenters. The van der Waals surface area contributed by atoms with Crippen LogP contribution in [0.3, 0.4) is 0 Å². The maximum Gasteiger partial charge on any atom is 0.319 e. The summed E-state index contributed by atoms with van der Waals surface area (Å²) in [5.41, 5.74) is 8.84. The number of ether oxygens (including phenoxy) is 1. The van der Waals surface area contributed by atoms with E-state index in [0.29, 0.717) is 24.6 Å². The highest BCUT2D eigenvalue weighted by Gasteiger charge is 2.36. The second kappa shape index (κ2) is 7.84. The third-order valence-electron chi connectivity index (χ3n) is 5.96. The minimum Gasteiger partial charge on any atom is -0.507 e. The normalized spacial score (nSPS) is 23.6. The van der Waals surface area contributed by atoms with Crippen molar-refractivity contribution < 1.29 is 14.6 Å². The van der Waals surface area contributed by atoms with Gasteiger partial charge in [-0.2, -0.15) is 0 Å². The van der Waals surface area contributed by atoms with Crippen LogP contribution in [0.4, 0.5) is 4.79 Å². The molecule has 26 heavy (non-hydrogen) atoms. The SMILES string of the molecule is CCN(C)C(=O)N1CCC(C2Cc3c(ccc(C)c3O)C(CN)O2)CC1. The van der Waals surface area contributed by atoms with E-state index in [0.717, 1.165) is 49.2 Å². The van der Waals surface area contributed by atoms with Crippen molar-refractivity contribution in [2.24, 2.45) is 11.7 Å². The Balaban J connectivity index is 1.70. The number of phenols is 1. The Morgan fingerprint density at radius 2 is 2.08 bits per heavy atom. The van der Waals surface area contributed by atoms with Crippen LogP contribution in [0.2, 0.25) is 0 Å². The minimum atomic E-state index is -0.166. The minimum absolute atomic E-state index is 0.0462. The Hall–Kier alpha value is -1.79. The first kappa shape index (κ1) is 19.0. The van der Waals surface area contributed by atoms with E-state index < -0.39 is 0 Å². The molecule has 1 saturated heterocycles. The molecule has 3 N–H and O–H groups in total. The number of aromatic hydroxyl groups is 1.